The van der Waals surface area contributed by atoms with Gasteiger partial charge in [0, 0.05) is 5.97 Å². The Labute approximate surface area is 107 Å². The van der Waals surface area contributed by atoms with Crippen molar-refractivity contribution in [1.82, 2.24) is 0 Å². The number of carbonyl (C=O) groups is 2. The van der Waals surface area contributed by atoms with E-state index in [4.69, 9.17) is 10.8 Å². The van der Waals surface area contributed by atoms with E-state index in [2.05, 4.69) is 0 Å². The number of hydrogen-bond acceptors (Lipinski definition) is 5. The molecule has 0 aromatic carbocycles. The number of carboxylic acid groups (broad SMARTS) is 2. The number of carbonyl (C=O) groups excluding carboxylic acids is 1. The number of rotatable bonds is 5. The molecule has 7 heteroatoms. The zero-order chi connectivity index (χ0) is 11.6. The van der Waals surface area contributed by atoms with Crippen molar-refractivity contribution >= 4 is 23.7 Å². The summed E-state index contributed by atoms with van der Waals surface area (Å²) in [5.41, 5.74) is 5.19. The summed E-state index contributed by atoms with van der Waals surface area (Å²) in [5, 5.41) is 17.5. The smallest absolute Gasteiger partial charge is 0.550 e. The summed E-state index contributed by atoms with van der Waals surface area (Å²) in [7, 11) is 0. The van der Waals surface area contributed by atoms with Crippen molar-refractivity contribution in [3.63, 3.8) is 0 Å². The molecular formula is C8H16NO4SZn+. The Morgan fingerprint density at radius 3 is 2.13 bits per heavy atom. The van der Waals surface area contributed by atoms with Gasteiger partial charge in [-0.15, -0.1) is 0 Å². The van der Waals surface area contributed by atoms with Crippen LogP contribution < -0.4 is 10.8 Å². The molecule has 0 amide bonds. The topological polar surface area (TPSA) is 103 Å². The molecule has 84 valence electrons. The van der Waals surface area contributed by atoms with Crippen molar-refractivity contribution in [1.29, 1.82) is 0 Å². The Morgan fingerprint density at radius 2 is 1.93 bits per heavy atom. The Balaban J connectivity index is -0.000000208. The van der Waals surface area contributed by atoms with Crippen LogP contribution in [-0.4, -0.2) is 35.1 Å². The molecule has 0 bridgehead atoms. The van der Waals surface area contributed by atoms with Crippen LogP contribution in [0.3, 0.4) is 0 Å². The second-order valence-corrected chi connectivity index (χ2v) is 3.44. The van der Waals surface area contributed by atoms with Crippen molar-refractivity contribution in [3.05, 3.63) is 0 Å². The molecular weight excluding hydrogens is 272 g/mol. The molecule has 0 fully saturated rings. The molecule has 0 aromatic rings. The maximum Gasteiger partial charge on any atom is 2.00 e. The van der Waals surface area contributed by atoms with Crippen LogP contribution in [0, 0.1) is 0 Å². The Morgan fingerprint density at radius 1 is 1.53 bits per heavy atom. The summed E-state index contributed by atoms with van der Waals surface area (Å²) in [6, 6.07) is -0.683. The zero-order valence-corrected chi connectivity index (χ0v) is 12.8. The first kappa shape index (κ1) is 20.3. The number of carboxylic acids is 2. The van der Waals surface area contributed by atoms with Crippen LogP contribution in [0.25, 0.3) is 0 Å². The molecule has 0 aliphatic carbocycles. The van der Waals surface area contributed by atoms with Gasteiger partial charge in [0.15, 0.2) is 0 Å². The normalized spacial score (nSPS) is 10.3. The molecule has 0 heterocycles. The van der Waals surface area contributed by atoms with Crippen LogP contribution in [0.1, 0.15) is 19.8 Å². The maximum atomic E-state index is 10.1. The Kier molecular flexibility index (Phi) is 18.8. The monoisotopic (exact) mass is 286 g/mol. The van der Waals surface area contributed by atoms with E-state index in [9.17, 15) is 14.7 Å². The Bertz CT molecular complexity index is 180. The van der Waals surface area contributed by atoms with Crippen LogP contribution in [0.4, 0.5) is 0 Å². The first-order chi connectivity index (χ1) is 6.45. The molecule has 0 rings (SSSR count). The van der Waals surface area contributed by atoms with Crippen LogP contribution in [0.2, 0.25) is 0 Å². The summed E-state index contributed by atoms with van der Waals surface area (Å²) < 4.78 is 0. The number of hydrogen-bond donors (Lipinski definition) is 2. The molecule has 0 radical (unpaired) electrons. The van der Waals surface area contributed by atoms with E-state index in [1.54, 1.807) is 11.8 Å². The second kappa shape index (κ2) is 13.9. The first-order valence-corrected chi connectivity index (χ1v) is 5.52. The van der Waals surface area contributed by atoms with E-state index in [0.29, 0.717) is 6.42 Å². The van der Waals surface area contributed by atoms with E-state index in [1.165, 1.54) is 6.92 Å². The van der Waals surface area contributed by atoms with Gasteiger partial charge in [-0.05, 0) is 24.9 Å². The molecule has 0 saturated carbocycles. The second-order valence-electron chi connectivity index (χ2n) is 2.45. The van der Waals surface area contributed by atoms with Gasteiger partial charge < -0.3 is 20.7 Å². The minimum Gasteiger partial charge on any atom is -0.550 e. The van der Waals surface area contributed by atoms with Gasteiger partial charge in [0.2, 0.25) is 0 Å². The molecule has 0 aromatic heterocycles. The summed E-state index contributed by atoms with van der Waals surface area (Å²) >= 11 is 1.60. The van der Waals surface area contributed by atoms with Crippen molar-refractivity contribution in [2.45, 2.75) is 25.8 Å². The van der Waals surface area contributed by atoms with Gasteiger partial charge in [-0.2, -0.15) is 11.8 Å². The molecule has 0 spiro atoms. The quantitative estimate of drug-likeness (QED) is 0.648. The van der Waals surface area contributed by atoms with E-state index in [1.807, 2.05) is 6.26 Å². The third-order valence-electron chi connectivity index (χ3n) is 1.24. The summed E-state index contributed by atoms with van der Waals surface area (Å²) in [5.74, 6) is -1.10. The fourth-order valence-corrected chi connectivity index (χ4v) is 0.858. The third kappa shape index (κ3) is 20.1. The number of thioether (sulfide) groups is 1. The molecule has 0 aliphatic rings. The summed E-state index contributed by atoms with van der Waals surface area (Å²) in [6.45, 7) is 1.54. The van der Waals surface area contributed by atoms with Crippen molar-refractivity contribution in [3.8, 4) is 0 Å². The summed E-state index contributed by atoms with van der Waals surface area (Å²) in [6.07, 6.45) is 2.59. The Hall–Kier alpha value is -0.127. The van der Waals surface area contributed by atoms with E-state index >= 15 is 0 Å². The van der Waals surface area contributed by atoms with Gasteiger partial charge in [0.25, 0.3) is 0 Å². The minimum absolute atomic E-state index is 0. The fraction of sp³-hybridized carbons (Fsp3) is 0.750. The van der Waals surface area contributed by atoms with Crippen molar-refractivity contribution in [2.24, 2.45) is 5.73 Å². The molecule has 0 aliphatic heterocycles. The fourth-order valence-electron chi connectivity index (χ4n) is 0.368. The maximum absolute atomic E-state index is 10.1. The molecule has 15 heavy (non-hydrogen) atoms. The predicted octanol–water partition coefficient (Wildman–Crippen LogP) is -0.705. The van der Waals surface area contributed by atoms with E-state index < -0.39 is 18.0 Å². The van der Waals surface area contributed by atoms with Crippen LogP contribution >= 0.6 is 11.8 Å². The zero-order valence-electron chi connectivity index (χ0n) is 9.06. The van der Waals surface area contributed by atoms with Crippen molar-refractivity contribution < 1.29 is 39.3 Å². The molecule has 0 saturated heterocycles. The van der Waals surface area contributed by atoms with E-state index in [0.717, 1.165) is 5.75 Å². The first-order valence-electron chi connectivity index (χ1n) is 4.12. The number of aliphatic carboxylic acids is 2. The average Bonchev–Trinajstić information content (AvgIpc) is 2.14. The van der Waals surface area contributed by atoms with Crippen LogP contribution in [0.15, 0.2) is 0 Å². The SMILES string of the molecule is CCC(=O)[O-].CSCCC(N)C(=O)O.[Zn+2]. The number of nitrogens with two attached hydrogens (primary N) is 1. The largest absolute Gasteiger partial charge is 2.00 e. The molecule has 3 N–H and O–H groups in total. The molecule has 1 unspecified atom stereocenters. The predicted molar refractivity (Wildman–Crippen MR) is 53.9 cm³/mol. The van der Waals surface area contributed by atoms with Gasteiger partial charge in [-0.3, -0.25) is 4.79 Å². The van der Waals surface area contributed by atoms with E-state index in [-0.39, 0.29) is 25.9 Å². The standard InChI is InChI=1S/C5H11NO2S.C3H6O2.Zn/c1-9-3-2-4(6)5(7)8;1-2-3(4)5;/h4H,2-3,6H2,1H3,(H,7,8);2H2,1H3,(H,4,5);/q;;+2/p-1. The van der Waals surface area contributed by atoms with Crippen LogP contribution in [0.5, 0.6) is 0 Å². The van der Waals surface area contributed by atoms with Crippen molar-refractivity contribution in [2.75, 3.05) is 12.0 Å². The van der Waals surface area contributed by atoms with Crippen LogP contribution in [-0.2, 0) is 29.1 Å². The molecule has 5 nitrogen and oxygen atoms in total. The average molecular weight is 288 g/mol. The summed E-state index contributed by atoms with van der Waals surface area (Å²) in [4.78, 5) is 19.3. The van der Waals surface area contributed by atoms with Gasteiger partial charge >= 0.3 is 25.4 Å². The third-order valence-corrected chi connectivity index (χ3v) is 1.88. The van der Waals surface area contributed by atoms with Gasteiger partial charge in [-0.25, -0.2) is 0 Å². The molecule has 1 atom stereocenters. The van der Waals surface area contributed by atoms with Gasteiger partial charge in [-0.1, -0.05) is 6.92 Å². The van der Waals surface area contributed by atoms with Gasteiger partial charge in [0.1, 0.15) is 6.04 Å². The minimum atomic E-state index is -0.995. The van der Waals surface area contributed by atoms with Gasteiger partial charge in [0.05, 0.1) is 0 Å².